The molecule has 3 aromatic rings. The van der Waals surface area contributed by atoms with Gasteiger partial charge in [-0.3, -0.25) is 19.0 Å². The normalized spacial score (nSPS) is 14.6. The first-order chi connectivity index (χ1) is 15.3. The van der Waals surface area contributed by atoms with Crippen molar-refractivity contribution < 1.29 is 9.59 Å². The molecule has 0 unspecified atom stereocenters. The maximum atomic E-state index is 12.7. The van der Waals surface area contributed by atoms with E-state index in [0.717, 1.165) is 36.2 Å². The largest absolute Gasteiger partial charge is 0.371 e. The number of carbonyl (C=O) groups is 2. The smallest absolute Gasteiger partial charge is 0.332 e. The Labute approximate surface area is 183 Å². The average Bonchev–Trinajstić information content (AvgIpc) is 3.17. The van der Waals surface area contributed by atoms with E-state index in [-0.39, 0.29) is 23.0 Å². The molecule has 0 bridgehead atoms. The number of aromatic nitrogens is 4. The molecule has 11 nitrogen and oxygen atoms in total. The second kappa shape index (κ2) is 8.33. The first-order valence-corrected chi connectivity index (χ1v) is 10.3. The number of aryl methyl sites for hydroxylation is 2. The summed E-state index contributed by atoms with van der Waals surface area (Å²) < 4.78 is 3.67. The number of nitrogens with one attached hydrogen (secondary N) is 1. The van der Waals surface area contributed by atoms with E-state index in [4.69, 9.17) is 5.73 Å². The second-order valence-electron chi connectivity index (χ2n) is 8.02. The fourth-order valence-corrected chi connectivity index (χ4v) is 4.06. The predicted octanol–water partition coefficient (Wildman–Crippen LogP) is -0.226. The summed E-state index contributed by atoms with van der Waals surface area (Å²) in [6.07, 6.45) is 2.89. The Morgan fingerprint density at radius 2 is 1.78 bits per heavy atom. The second-order valence-corrected chi connectivity index (χ2v) is 8.02. The minimum absolute atomic E-state index is 0.0773. The van der Waals surface area contributed by atoms with E-state index in [9.17, 15) is 19.2 Å². The molecule has 32 heavy (non-hydrogen) atoms. The van der Waals surface area contributed by atoms with Crippen molar-refractivity contribution in [2.24, 2.45) is 25.7 Å². The van der Waals surface area contributed by atoms with Gasteiger partial charge in [0, 0.05) is 44.5 Å². The molecule has 3 N–H and O–H groups in total. The number of piperidine rings is 1. The van der Waals surface area contributed by atoms with Crippen LogP contribution in [0.15, 0.2) is 40.2 Å². The van der Waals surface area contributed by atoms with Crippen molar-refractivity contribution in [3.63, 3.8) is 0 Å². The van der Waals surface area contributed by atoms with Gasteiger partial charge in [0.05, 0.1) is 6.33 Å². The topological polar surface area (TPSA) is 137 Å². The molecule has 1 aliphatic rings. The van der Waals surface area contributed by atoms with Crippen molar-refractivity contribution in [2.45, 2.75) is 19.4 Å². The summed E-state index contributed by atoms with van der Waals surface area (Å²) in [6, 6.07) is 7.29. The van der Waals surface area contributed by atoms with Crippen LogP contribution in [0.1, 0.15) is 12.8 Å². The lowest BCUT2D eigenvalue weighted by Gasteiger charge is -2.32. The van der Waals surface area contributed by atoms with E-state index in [2.05, 4.69) is 15.2 Å². The Morgan fingerprint density at radius 1 is 1.12 bits per heavy atom. The molecular formula is C21H25N7O4. The molecule has 1 fully saturated rings. The van der Waals surface area contributed by atoms with Crippen LogP contribution in [0, 0.1) is 5.92 Å². The van der Waals surface area contributed by atoms with Crippen molar-refractivity contribution in [1.29, 1.82) is 0 Å². The average molecular weight is 439 g/mol. The highest BCUT2D eigenvalue weighted by atomic mass is 16.2. The minimum atomic E-state index is -0.605. The standard InChI is InChI=1S/C21H25N7O4/c1-25-12-23-19-17(25)20(31)28(21(32)26(19)2)11-16(29)24-14-3-5-15(6-4-14)27-9-7-13(8-10-27)18(22)30/h3-6,12-13H,7-11H2,1-2H3,(H2,22,30)(H,24,29). The lowest BCUT2D eigenvalue weighted by molar-refractivity contribution is -0.122. The Kier molecular flexibility index (Phi) is 5.56. The summed E-state index contributed by atoms with van der Waals surface area (Å²) in [5.74, 6) is -0.813. The monoisotopic (exact) mass is 439 g/mol. The Bertz CT molecular complexity index is 1290. The zero-order valence-electron chi connectivity index (χ0n) is 17.9. The van der Waals surface area contributed by atoms with Crippen LogP contribution in [-0.4, -0.2) is 43.6 Å². The molecule has 4 rings (SSSR count). The zero-order valence-corrected chi connectivity index (χ0v) is 17.9. The molecule has 168 valence electrons. The Balaban J connectivity index is 1.45. The zero-order chi connectivity index (χ0) is 23.0. The first kappa shape index (κ1) is 21.3. The number of benzene rings is 1. The van der Waals surface area contributed by atoms with Crippen molar-refractivity contribution in [3.8, 4) is 0 Å². The molecular weight excluding hydrogens is 414 g/mol. The molecule has 1 aromatic carbocycles. The van der Waals surface area contributed by atoms with Gasteiger partial charge in [-0.2, -0.15) is 0 Å². The Hall–Kier alpha value is -3.89. The quantitative estimate of drug-likeness (QED) is 0.564. The number of hydrogen-bond acceptors (Lipinski definition) is 6. The summed E-state index contributed by atoms with van der Waals surface area (Å²) in [5.41, 5.74) is 6.28. The third-order valence-corrected chi connectivity index (χ3v) is 5.92. The van der Waals surface area contributed by atoms with Gasteiger partial charge in [0.2, 0.25) is 11.8 Å². The maximum Gasteiger partial charge on any atom is 0.332 e. The van der Waals surface area contributed by atoms with E-state index >= 15 is 0 Å². The molecule has 1 saturated heterocycles. The van der Waals surface area contributed by atoms with Gasteiger partial charge in [0.1, 0.15) is 6.54 Å². The molecule has 2 aromatic heterocycles. The molecule has 0 radical (unpaired) electrons. The van der Waals surface area contributed by atoms with E-state index in [1.807, 2.05) is 12.1 Å². The summed E-state index contributed by atoms with van der Waals surface area (Å²) in [6.45, 7) is 1.07. The van der Waals surface area contributed by atoms with Gasteiger partial charge in [-0.25, -0.2) is 14.3 Å². The van der Waals surface area contributed by atoms with Crippen LogP contribution in [0.4, 0.5) is 11.4 Å². The molecule has 1 aliphatic heterocycles. The minimum Gasteiger partial charge on any atom is -0.371 e. The SMILES string of the molecule is Cn1cnc2c1c(=O)n(CC(=O)Nc1ccc(N3CCC(C(N)=O)CC3)cc1)c(=O)n2C. The number of anilines is 2. The molecule has 0 saturated carbocycles. The van der Waals surface area contributed by atoms with E-state index in [0.29, 0.717) is 5.69 Å². The van der Waals surface area contributed by atoms with Gasteiger partial charge in [-0.15, -0.1) is 0 Å². The van der Waals surface area contributed by atoms with Crippen LogP contribution in [0.5, 0.6) is 0 Å². The lowest BCUT2D eigenvalue weighted by Crippen LogP contribution is -2.42. The van der Waals surface area contributed by atoms with Crippen molar-refractivity contribution in [3.05, 3.63) is 51.4 Å². The van der Waals surface area contributed by atoms with Gasteiger partial charge >= 0.3 is 5.69 Å². The van der Waals surface area contributed by atoms with Crippen LogP contribution >= 0.6 is 0 Å². The number of nitrogens with zero attached hydrogens (tertiary/aromatic N) is 5. The molecule has 0 spiro atoms. The number of nitrogens with two attached hydrogens (primary N) is 1. The highest BCUT2D eigenvalue weighted by Crippen LogP contribution is 2.24. The lowest BCUT2D eigenvalue weighted by atomic mass is 9.96. The molecule has 11 heteroatoms. The van der Waals surface area contributed by atoms with Crippen LogP contribution in [0.2, 0.25) is 0 Å². The summed E-state index contributed by atoms with van der Waals surface area (Å²) in [7, 11) is 3.17. The molecule has 3 heterocycles. The van der Waals surface area contributed by atoms with Crippen molar-refractivity contribution in [2.75, 3.05) is 23.3 Å². The maximum absolute atomic E-state index is 12.7. The van der Waals surface area contributed by atoms with Gasteiger partial charge in [0.25, 0.3) is 5.56 Å². The fraction of sp³-hybridized carbons (Fsp3) is 0.381. The third kappa shape index (κ3) is 3.88. The number of primary amides is 1. The van der Waals surface area contributed by atoms with Crippen molar-refractivity contribution >= 4 is 34.4 Å². The number of imidazole rings is 1. The summed E-state index contributed by atoms with van der Waals surface area (Å²) in [5, 5.41) is 2.72. The highest BCUT2D eigenvalue weighted by Gasteiger charge is 2.23. The number of carbonyl (C=O) groups excluding carboxylic acids is 2. The highest BCUT2D eigenvalue weighted by molar-refractivity contribution is 5.90. The van der Waals surface area contributed by atoms with E-state index in [1.54, 1.807) is 19.2 Å². The van der Waals surface area contributed by atoms with Crippen LogP contribution in [0.25, 0.3) is 11.2 Å². The number of hydrogen-bond donors (Lipinski definition) is 2. The summed E-state index contributed by atoms with van der Waals surface area (Å²) in [4.78, 5) is 55.4. The molecule has 2 amide bonds. The van der Waals surface area contributed by atoms with Crippen LogP contribution in [-0.2, 0) is 30.2 Å². The van der Waals surface area contributed by atoms with Gasteiger partial charge < -0.3 is 20.5 Å². The van der Waals surface area contributed by atoms with Gasteiger partial charge in [-0.05, 0) is 37.1 Å². The first-order valence-electron chi connectivity index (χ1n) is 10.3. The molecule has 0 atom stereocenters. The Morgan fingerprint density at radius 3 is 2.41 bits per heavy atom. The predicted molar refractivity (Wildman–Crippen MR) is 119 cm³/mol. The van der Waals surface area contributed by atoms with Gasteiger partial charge in [0.15, 0.2) is 11.2 Å². The summed E-state index contributed by atoms with van der Waals surface area (Å²) >= 11 is 0. The van der Waals surface area contributed by atoms with Gasteiger partial charge in [-0.1, -0.05) is 0 Å². The van der Waals surface area contributed by atoms with E-state index in [1.165, 1.54) is 22.5 Å². The van der Waals surface area contributed by atoms with E-state index < -0.39 is 23.7 Å². The third-order valence-electron chi connectivity index (χ3n) is 5.92. The van der Waals surface area contributed by atoms with Crippen molar-refractivity contribution in [1.82, 2.24) is 18.7 Å². The fourth-order valence-electron chi connectivity index (χ4n) is 4.06. The number of amides is 2. The molecule has 0 aliphatic carbocycles. The van der Waals surface area contributed by atoms with Crippen LogP contribution < -0.4 is 27.2 Å². The number of rotatable bonds is 5. The van der Waals surface area contributed by atoms with Crippen LogP contribution in [0.3, 0.4) is 0 Å². The number of fused-ring (bicyclic) bond motifs is 1.